The monoisotopic (exact) mass is 827 g/mol. The average Bonchev–Trinajstić information content (AvgIpc) is 3.20. The molecule has 0 atom stereocenters. The van der Waals surface area contributed by atoms with Crippen LogP contribution in [0.25, 0.3) is 21.5 Å². The van der Waals surface area contributed by atoms with Gasteiger partial charge in [0, 0.05) is 71.9 Å². The lowest BCUT2D eigenvalue weighted by Gasteiger charge is -2.30. The van der Waals surface area contributed by atoms with Crippen molar-refractivity contribution < 1.29 is 52.0 Å². The van der Waals surface area contributed by atoms with Gasteiger partial charge in [0.1, 0.15) is 0 Å². The molecule has 2 heterocycles. The SMILES string of the molecule is O=C1c2cccc3cc([N+](=O)[O-])cc(c23)C(=O)N1CCOCCN(CCN1C(=O)c2cccc3cc([N+](=O)[O-])cc(c23)C1=O)S(=O)(=O)c1ccc([N+](=O)[O-])cc1[N+](=O)[O-]. The molecule has 0 saturated carbocycles. The third-order valence-corrected chi connectivity index (χ3v) is 11.7. The zero-order chi connectivity index (χ0) is 42.5. The van der Waals surface area contributed by atoms with Crippen LogP contribution in [-0.4, -0.2) is 105 Å². The Hall–Kier alpha value is -7.63. The van der Waals surface area contributed by atoms with Crippen LogP contribution in [-0.2, 0) is 14.8 Å². The highest BCUT2D eigenvalue weighted by molar-refractivity contribution is 7.89. The molecule has 59 heavy (non-hydrogen) atoms. The van der Waals surface area contributed by atoms with Gasteiger partial charge in [-0.15, -0.1) is 0 Å². The molecule has 2 aliphatic rings. The molecule has 7 rings (SSSR count). The van der Waals surface area contributed by atoms with E-state index in [0.29, 0.717) is 26.7 Å². The number of benzene rings is 5. The van der Waals surface area contributed by atoms with Crippen LogP contribution in [0.4, 0.5) is 22.7 Å². The lowest BCUT2D eigenvalue weighted by molar-refractivity contribution is -0.396. The topological polar surface area (TPSA) is 294 Å². The van der Waals surface area contributed by atoms with Crippen LogP contribution in [0.5, 0.6) is 0 Å². The highest BCUT2D eigenvalue weighted by atomic mass is 32.2. The van der Waals surface area contributed by atoms with Gasteiger partial charge in [0.15, 0.2) is 4.90 Å². The Morgan fingerprint density at radius 3 is 1.53 bits per heavy atom. The van der Waals surface area contributed by atoms with E-state index in [4.69, 9.17) is 4.74 Å². The second-order valence-corrected chi connectivity index (χ2v) is 14.9. The minimum atomic E-state index is -4.99. The van der Waals surface area contributed by atoms with Crippen molar-refractivity contribution in [1.29, 1.82) is 0 Å². The number of hydrogen-bond donors (Lipinski definition) is 0. The van der Waals surface area contributed by atoms with Gasteiger partial charge in [0.05, 0.1) is 56.6 Å². The number of non-ortho nitro benzene ring substituents is 3. The fourth-order valence-electron chi connectivity index (χ4n) is 7.01. The van der Waals surface area contributed by atoms with Crippen molar-refractivity contribution in [2.24, 2.45) is 0 Å². The molecule has 0 bridgehead atoms. The molecule has 4 amide bonds. The van der Waals surface area contributed by atoms with Crippen molar-refractivity contribution >= 4 is 77.9 Å². The smallest absolute Gasteiger partial charge is 0.296 e. The molecule has 22 nitrogen and oxygen atoms in total. The third kappa shape index (κ3) is 6.93. The lowest BCUT2D eigenvalue weighted by atomic mass is 9.93. The van der Waals surface area contributed by atoms with Gasteiger partial charge >= 0.3 is 0 Å². The fraction of sp³-hybridized carbons (Fsp3) is 0.167. The van der Waals surface area contributed by atoms with Crippen LogP contribution < -0.4 is 0 Å². The largest absolute Gasteiger partial charge is 0.378 e. The standard InChI is InChI=1S/C36H25N7O15S/c44-33-25-5-1-3-20-15-23(41(50)51)17-27(31(20)25)35(46)38(33)10-9-37(59(56,57)30-8-7-22(40(48)49)19-29(30)43(54)55)11-13-58-14-12-39-34(45)26-6-2-4-21-16-24(42(52)53)18-28(32(21)26)36(39)47/h1-8,15-19H,9-14H2. The number of ether oxygens (including phenoxy) is 1. The number of nitrogens with zero attached hydrogens (tertiary/aromatic N) is 7. The lowest BCUT2D eigenvalue weighted by Crippen LogP contribution is -2.46. The van der Waals surface area contributed by atoms with E-state index in [-0.39, 0.29) is 44.1 Å². The number of hydrogen-bond acceptors (Lipinski definition) is 15. The van der Waals surface area contributed by atoms with Crippen LogP contribution in [0, 0.1) is 40.5 Å². The Labute approximate surface area is 329 Å². The Bertz CT molecular complexity index is 2860. The molecule has 0 N–H and O–H groups in total. The van der Waals surface area contributed by atoms with E-state index in [1.54, 1.807) is 0 Å². The molecule has 0 aromatic heterocycles. The quantitative estimate of drug-likeness (QED) is 0.0617. The zero-order valence-corrected chi connectivity index (χ0v) is 30.7. The van der Waals surface area contributed by atoms with Crippen molar-refractivity contribution in [2.45, 2.75) is 4.90 Å². The molecule has 0 fully saturated rings. The first kappa shape index (κ1) is 39.6. The first-order valence-corrected chi connectivity index (χ1v) is 18.6. The Kier molecular flexibility index (Phi) is 10.1. The van der Waals surface area contributed by atoms with E-state index < -0.39 is 115 Å². The highest BCUT2D eigenvalue weighted by Crippen LogP contribution is 2.36. The first-order chi connectivity index (χ1) is 28.0. The van der Waals surface area contributed by atoms with E-state index in [1.807, 2.05) is 0 Å². The summed E-state index contributed by atoms with van der Waals surface area (Å²) in [4.78, 5) is 97.6. The second kappa shape index (κ2) is 15.0. The maximum atomic E-state index is 14.1. The van der Waals surface area contributed by atoms with Gasteiger partial charge in [-0.1, -0.05) is 24.3 Å². The molecule has 0 aliphatic carbocycles. The number of imide groups is 2. The number of sulfonamides is 1. The number of nitro groups is 4. The number of amides is 4. The van der Waals surface area contributed by atoms with E-state index in [1.165, 1.54) is 48.5 Å². The highest BCUT2D eigenvalue weighted by Gasteiger charge is 2.38. The summed E-state index contributed by atoms with van der Waals surface area (Å²) >= 11 is 0. The van der Waals surface area contributed by atoms with Crippen molar-refractivity contribution in [3.63, 3.8) is 0 Å². The minimum absolute atomic E-state index is 0.00832. The number of rotatable bonds is 15. The van der Waals surface area contributed by atoms with Crippen LogP contribution in [0.2, 0.25) is 0 Å². The van der Waals surface area contributed by atoms with Crippen molar-refractivity contribution in [1.82, 2.24) is 14.1 Å². The molecule has 0 radical (unpaired) electrons. The van der Waals surface area contributed by atoms with Gasteiger partial charge in [-0.2, -0.15) is 4.31 Å². The summed E-state index contributed by atoms with van der Waals surface area (Å²) in [6, 6.07) is 15.0. The van der Waals surface area contributed by atoms with Crippen LogP contribution in [0.3, 0.4) is 0 Å². The second-order valence-electron chi connectivity index (χ2n) is 13.0. The Balaban J connectivity index is 1.13. The molecule has 0 spiro atoms. The van der Waals surface area contributed by atoms with Gasteiger partial charge in [0.2, 0.25) is 10.0 Å². The van der Waals surface area contributed by atoms with E-state index in [9.17, 15) is 68.1 Å². The van der Waals surface area contributed by atoms with Crippen molar-refractivity contribution in [3.05, 3.63) is 142 Å². The van der Waals surface area contributed by atoms with Gasteiger partial charge in [-0.05, 0) is 29.0 Å². The van der Waals surface area contributed by atoms with Crippen LogP contribution in [0.1, 0.15) is 41.4 Å². The first-order valence-electron chi connectivity index (χ1n) is 17.2. The predicted molar refractivity (Wildman–Crippen MR) is 201 cm³/mol. The number of nitro benzene ring substituents is 4. The average molecular weight is 828 g/mol. The summed E-state index contributed by atoms with van der Waals surface area (Å²) in [5, 5.41) is 47.4. The molecule has 300 valence electrons. The van der Waals surface area contributed by atoms with Crippen LogP contribution >= 0.6 is 0 Å². The summed E-state index contributed by atoms with van der Waals surface area (Å²) in [5.74, 6) is -3.43. The van der Waals surface area contributed by atoms with Crippen molar-refractivity contribution in [2.75, 3.05) is 39.4 Å². The fourth-order valence-corrected chi connectivity index (χ4v) is 8.56. The van der Waals surface area contributed by atoms with E-state index in [0.717, 1.165) is 23.1 Å². The van der Waals surface area contributed by atoms with Gasteiger partial charge < -0.3 is 4.74 Å². The molecule has 2 aliphatic heterocycles. The molecule has 5 aromatic rings. The van der Waals surface area contributed by atoms with Gasteiger partial charge in [-0.3, -0.25) is 69.4 Å². The number of carbonyl (C=O) groups is 4. The molecule has 5 aromatic carbocycles. The van der Waals surface area contributed by atoms with E-state index in [2.05, 4.69) is 0 Å². The predicted octanol–water partition coefficient (Wildman–Crippen LogP) is 4.23. The maximum absolute atomic E-state index is 14.1. The van der Waals surface area contributed by atoms with Crippen molar-refractivity contribution in [3.8, 4) is 0 Å². The zero-order valence-electron chi connectivity index (χ0n) is 29.9. The summed E-state index contributed by atoms with van der Waals surface area (Å²) in [7, 11) is -4.99. The molecular weight excluding hydrogens is 802 g/mol. The summed E-state index contributed by atoms with van der Waals surface area (Å²) in [6.45, 7) is -3.33. The molecule has 23 heteroatoms. The molecular formula is C36H25N7O15S. The van der Waals surface area contributed by atoms with E-state index >= 15 is 0 Å². The third-order valence-electron chi connectivity index (χ3n) is 9.73. The Morgan fingerprint density at radius 1 is 0.542 bits per heavy atom. The Morgan fingerprint density at radius 2 is 1.03 bits per heavy atom. The van der Waals surface area contributed by atoms with Gasteiger partial charge in [-0.25, -0.2) is 8.42 Å². The normalized spacial score (nSPS) is 13.8. The molecule has 0 saturated heterocycles. The van der Waals surface area contributed by atoms with Crippen LogP contribution in [0.15, 0.2) is 83.8 Å². The van der Waals surface area contributed by atoms with Gasteiger partial charge in [0.25, 0.3) is 46.4 Å². The minimum Gasteiger partial charge on any atom is -0.378 e. The summed E-state index contributed by atoms with van der Waals surface area (Å²) in [5.41, 5.74) is -2.98. The summed E-state index contributed by atoms with van der Waals surface area (Å²) in [6.07, 6.45) is 0. The maximum Gasteiger partial charge on any atom is 0.296 e. The number of carbonyl (C=O) groups excluding carboxylic acids is 4. The molecule has 0 unspecified atom stereocenters. The summed E-state index contributed by atoms with van der Waals surface area (Å²) < 4.78 is 34.5.